The van der Waals surface area contributed by atoms with Crippen LogP contribution in [-0.2, 0) is 6.42 Å². The van der Waals surface area contributed by atoms with Crippen molar-refractivity contribution in [2.75, 3.05) is 12.9 Å². The van der Waals surface area contributed by atoms with Crippen molar-refractivity contribution in [3.05, 3.63) is 101 Å². The van der Waals surface area contributed by atoms with Crippen LogP contribution in [0, 0.1) is 0 Å². The minimum Gasteiger partial charge on any atom is -0.497 e. The number of rotatable bonds is 8. The molecule has 31 heavy (non-hydrogen) atoms. The van der Waals surface area contributed by atoms with Crippen LogP contribution in [-0.4, -0.2) is 33.4 Å². The van der Waals surface area contributed by atoms with E-state index >= 15 is 0 Å². The number of halogens is 1. The van der Waals surface area contributed by atoms with Gasteiger partial charge in [0.1, 0.15) is 11.6 Å². The van der Waals surface area contributed by atoms with Crippen LogP contribution in [0.1, 0.15) is 21.7 Å². The van der Waals surface area contributed by atoms with Gasteiger partial charge in [-0.15, -0.1) is 10.2 Å². The summed E-state index contributed by atoms with van der Waals surface area (Å²) in [6.07, 6.45) is 0.618. The maximum atomic E-state index is 12.7. The topological polar surface area (TPSA) is 57.0 Å². The number of Topliss-reactive ketones (excluding diaryl/α,β-unsaturated/α-hetero) is 1. The number of methoxy groups -OCH3 is 1. The molecule has 0 N–H and O–H groups in total. The molecule has 0 unspecified atom stereocenters. The molecule has 4 rings (SSSR count). The molecule has 0 aliphatic heterocycles. The van der Waals surface area contributed by atoms with E-state index in [4.69, 9.17) is 16.3 Å². The van der Waals surface area contributed by atoms with E-state index in [1.165, 1.54) is 11.8 Å². The molecule has 0 saturated carbocycles. The lowest BCUT2D eigenvalue weighted by atomic mass is 10.1. The molecule has 3 aromatic carbocycles. The van der Waals surface area contributed by atoms with Crippen molar-refractivity contribution < 1.29 is 9.53 Å². The Kier molecular flexibility index (Phi) is 6.70. The fraction of sp³-hybridized carbons (Fsp3) is 0.125. The van der Waals surface area contributed by atoms with Gasteiger partial charge in [0.05, 0.1) is 18.6 Å². The fourth-order valence-electron chi connectivity index (χ4n) is 3.15. The molecule has 0 saturated heterocycles. The summed E-state index contributed by atoms with van der Waals surface area (Å²) in [5.41, 5.74) is 2.62. The van der Waals surface area contributed by atoms with Crippen molar-refractivity contribution in [3.8, 4) is 11.4 Å². The smallest absolute Gasteiger partial charge is 0.196 e. The predicted molar refractivity (Wildman–Crippen MR) is 124 cm³/mol. The summed E-state index contributed by atoms with van der Waals surface area (Å²) in [6, 6.07) is 24.7. The van der Waals surface area contributed by atoms with Crippen LogP contribution in [0.3, 0.4) is 0 Å². The van der Waals surface area contributed by atoms with Crippen molar-refractivity contribution >= 4 is 29.1 Å². The van der Waals surface area contributed by atoms with E-state index in [0.717, 1.165) is 22.8 Å². The van der Waals surface area contributed by atoms with Crippen molar-refractivity contribution in [3.63, 3.8) is 0 Å². The van der Waals surface area contributed by atoms with Gasteiger partial charge in [0.15, 0.2) is 10.9 Å². The molecule has 7 heteroatoms. The number of carbonyl (C=O) groups is 1. The summed E-state index contributed by atoms with van der Waals surface area (Å²) >= 11 is 7.59. The van der Waals surface area contributed by atoms with E-state index in [0.29, 0.717) is 22.2 Å². The highest BCUT2D eigenvalue weighted by molar-refractivity contribution is 7.99. The maximum Gasteiger partial charge on any atom is 0.196 e. The van der Waals surface area contributed by atoms with E-state index in [1.807, 2.05) is 47.0 Å². The molecule has 0 amide bonds. The Morgan fingerprint density at radius 3 is 2.48 bits per heavy atom. The summed E-state index contributed by atoms with van der Waals surface area (Å²) in [6.45, 7) is 0. The van der Waals surface area contributed by atoms with Crippen molar-refractivity contribution in [1.29, 1.82) is 0 Å². The summed E-state index contributed by atoms with van der Waals surface area (Å²) < 4.78 is 7.12. The van der Waals surface area contributed by atoms with E-state index in [1.54, 1.807) is 31.4 Å². The van der Waals surface area contributed by atoms with Crippen LogP contribution < -0.4 is 4.74 Å². The Hall–Kier alpha value is -3.09. The second kappa shape index (κ2) is 9.81. The number of ketones is 1. The third kappa shape index (κ3) is 5.16. The lowest BCUT2D eigenvalue weighted by molar-refractivity contribution is 0.102. The van der Waals surface area contributed by atoms with Crippen LogP contribution in [0.15, 0.2) is 84.0 Å². The molecule has 0 bridgehead atoms. The molecular weight excluding hydrogens is 430 g/mol. The Bertz CT molecular complexity index is 1180. The highest BCUT2D eigenvalue weighted by Crippen LogP contribution is 2.26. The molecule has 0 spiro atoms. The van der Waals surface area contributed by atoms with Gasteiger partial charge in [0, 0.05) is 17.0 Å². The van der Waals surface area contributed by atoms with E-state index in [-0.39, 0.29) is 11.5 Å². The van der Waals surface area contributed by atoms with E-state index in [2.05, 4.69) is 22.3 Å². The number of hydrogen-bond acceptors (Lipinski definition) is 5. The summed E-state index contributed by atoms with van der Waals surface area (Å²) in [5.74, 6) is 1.76. The van der Waals surface area contributed by atoms with Gasteiger partial charge >= 0.3 is 0 Å². The van der Waals surface area contributed by atoms with Gasteiger partial charge in [-0.05, 0) is 48.0 Å². The second-order valence-electron chi connectivity index (χ2n) is 6.82. The molecule has 0 atom stereocenters. The first kappa shape index (κ1) is 21.2. The first-order valence-electron chi connectivity index (χ1n) is 9.68. The molecule has 1 heterocycles. The Labute approximate surface area is 190 Å². The fourth-order valence-corrected chi connectivity index (χ4v) is 4.20. The van der Waals surface area contributed by atoms with E-state index < -0.39 is 0 Å². The van der Waals surface area contributed by atoms with Gasteiger partial charge in [-0.2, -0.15) is 0 Å². The van der Waals surface area contributed by atoms with Crippen LogP contribution in [0.4, 0.5) is 0 Å². The molecule has 0 aliphatic rings. The lowest BCUT2D eigenvalue weighted by Gasteiger charge is -2.11. The SMILES string of the molecule is COc1ccc(C(=O)CSc2nnc(Cc3ccccc3)n2-c2cccc(Cl)c2)cc1. The Balaban J connectivity index is 1.60. The molecule has 1 aromatic heterocycles. The third-order valence-corrected chi connectivity index (χ3v) is 5.88. The molecular formula is C24H20ClN3O2S. The van der Waals surface area contributed by atoms with Crippen LogP contribution in [0.5, 0.6) is 5.75 Å². The van der Waals surface area contributed by atoms with Gasteiger partial charge in [-0.25, -0.2) is 0 Å². The first-order valence-corrected chi connectivity index (χ1v) is 11.0. The van der Waals surface area contributed by atoms with Crippen LogP contribution in [0.2, 0.25) is 5.02 Å². The highest BCUT2D eigenvalue weighted by atomic mass is 35.5. The number of thioether (sulfide) groups is 1. The van der Waals surface area contributed by atoms with Crippen molar-refractivity contribution in [2.24, 2.45) is 0 Å². The average molecular weight is 450 g/mol. The number of ether oxygens (including phenoxy) is 1. The number of aromatic nitrogens is 3. The van der Waals surface area contributed by atoms with E-state index in [9.17, 15) is 4.79 Å². The molecule has 0 aliphatic carbocycles. The molecule has 0 fully saturated rings. The van der Waals surface area contributed by atoms with Gasteiger partial charge in [-0.3, -0.25) is 9.36 Å². The monoisotopic (exact) mass is 449 g/mol. The largest absolute Gasteiger partial charge is 0.497 e. The molecule has 0 radical (unpaired) electrons. The number of nitrogens with zero attached hydrogens (tertiary/aromatic N) is 3. The number of benzene rings is 3. The summed E-state index contributed by atoms with van der Waals surface area (Å²) in [4.78, 5) is 12.7. The lowest BCUT2D eigenvalue weighted by Crippen LogP contribution is -2.06. The maximum absolute atomic E-state index is 12.7. The second-order valence-corrected chi connectivity index (χ2v) is 8.20. The third-order valence-electron chi connectivity index (χ3n) is 4.72. The zero-order valence-corrected chi connectivity index (χ0v) is 18.4. The average Bonchev–Trinajstić information content (AvgIpc) is 3.20. The number of carbonyl (C=O) groups excluding carboxylic acids is 1. The Morgan fingerprint density at radius 1 is 1.00 bits per heavy atom. The minimum atomic E-state index is 0.0120. The zero-order chi connectivity index (χ0) is 21.6. The minimum absolute atomic E-state index is 0.0120. The number of hydrogen-bond donors (Lipinski definition) is 0. The van der Waals surface area contributed by atoms with Crippen LogP contribution >= 0.6 is 23.4 Å². The quantitative estimate of drug-likeness (QED) is 0.263. The predicted octanol–water partition coefficient (Wildman–Crippen LogP) is 5.50. The standard InChI is InChI=1S/C24H20ClN3O2S/c1-30-21-12-10-18(11-13-21)22(29)16-31-24-27-26-23(14-17-6-3-2-4-7-17)28(24)20-9-5-8-19(25)15-20/h2-13,15H,14,16H2,1H3. The molecule has 156 valence electrons. The molecule has 5 nitrogen and oxygen atoms in total. The van der Waals surface area contributed by atoms with Gasteiger partial charge in [0.25, 0.3) is 0 Å². The van der Waals surface area contributed by atoms with Gasteiger partial charge in [0.2, 0.25) is 0 Å². The summed E-state index contributed by atoms with van der Waals surface area (Å²) in [7, 11) is 1.60. The zero-order valence-electron chi connectivity index (χ0n) is 16.9. The summed E-state index contributed by atoms with van der Waals surface area (Å²) in [5, 5.41) is 10.1. The van der Waals surface area contributed by atoms with Gasteiger partial charge in [-0.1, -0.05) is 59.8 Å². The van der Waals surface area contributed by atoms with Crippen molar-refractivity contribution in [2.45, 2.75) is 11.6 Å². The van der Waals surface area contributed by atoms with Crippen LogP contribution in [0.25, 0.3) is 5.69 Å². The normalized spacial score (nSPS) is 10.8. The molecule has 4 aromatic rings. The first-order chi connectivity index (χ1) is 15.1. The highest BCUT2D eigenvalue weighted by Gasteiger charge is 2.17. The van der Waals surface area contributed by atoms with Gasteiger partial charge < -0.3 is 4.74 Å². The van der Waals surface area contributed by atoms with Crippen molar-refractivity contribution in [1.82, 2.24) is 14.8 Å². The Morgan fingerprint density at radius 2 is 1.77 bits per heavy atom.